The Balaban J connectivity index is 1.95. The van der Waals surface area contributed by atoms with E-state index < -0.39 is 0 Å². The molecule has 1 aromatic heterocycles. The monoisotopic (exact) mass is 255 g/mol. The lowest BCUT2D eigenvalue weighted by Gasteiger charge is -2.19. The van der Waals surface area contributed by atoms with Gasteiger partial charge in [-0.2, -0.15) is 5.10 Å². The van der Waals surface area contributed by atoms with Crippen LogP contribution < -0.4 is 5.73 Å². The third-order valence-corrected chi connectivity index (χ3v) is 4.09. The molecule has 0 bridgehead atoms. The molecule has 0 spiro atoms. The molecule has 1 aromatic carbocycles. The average Bonchev–Trinajstić information content (AvgIpc) is 2.86. The van der Waals surface area contributed by atoms with E-state index in [1.165, 1.54) is 42.4 Å². The molecule has 2 aromatic rings. The van der Waals surface area contributed by atoms with Crippen LogP contribution in [0.4, 0.5) is 0 Å². The molecule has 100 valence electrons. The standard InChI is InChI=1S/C16H21N3/c1-11-8-16(19-18-11)15(10-17)14-7-6-12-4-2-3-5-13(12)9-14/h6-9,15H,2-5,10,17H2,1H3,(H,18,19). The van der Waals surface area contributed by atoms with Gasteiger partial charge in [-0.1, -0.05) is 18.2 Å². The maximum absolute atomic E-state index is 5.97. The Morgan fingerprint density at radius 3 is 2.68 bits per heavy atom. The van der Waals surface area contributed by atoms with Crippen molar-refractivity contribution < 1.29 is 0 Å². The van der Waals surface area contributed by atoms with Gasteiger partial charge in [0.2, 0.25) is 0 Å². The number of hydrogen-bond donors (Lipinski definition) is 2. The lowest BCUT2D eigenvalue weighted by molar-refractivity contribution is 0.681. The lowest BCUT2D eigenvalue weighted by atomic mass is 9.86. The maximum atomic E-state index is 5.97. The van der Waals surface area contributed by atoms with Crippen molar-refractivity contribution in [3.05, 3.63) is 52.3 Å². The van der Waals surface area contributed by atoms with Crippen LogP contribution >= 0.6 is 0 Å². The fourth-order valence-electron chi connectivity index (χ4n) is 3.02. The fraction of sp³-hybridized carbons (Fsp3) is 0.438. The van der Waals surface area contributed by atoms with Crippen LogP contribution in [0.5, 0.6) is 0 Å². The molecular formula is C16H21N3. The van der Waals surface area contributed by atoms with Gasteiger partial charge in [0.15, 0.2) is 0 Å². The van der Waals surface area contributed by atoms with Crippen molar-refractivity contribution in [2.24, 2.45) is 5.73 Å². The second-order valence-electron chi connectivity index (χ2n) is 5.50. The number of nitrogens with zero attached hydrogens (tertiary/aromatic N) is 1. The summed E-state index contributed by atoms with van der Waals surface area (Å²) < 4.78 is 0. The zero-order chi connectivity index (χ0) is 13.2. The molecular weight excluding hydrogens is 234 g/mol. The van der Waals surface area contributed by atoms with Crippen LogP contribution in [0.1, 0.15) is 46.8 Å². The molecule has 0 saturated carbocycles. The summed E-state index contributed by atoms with van der Waals surface area (Å²) in [4.78, 5) is 0. The summed E-state index contributed by atoms with van der Waals surface area (Å²) in [5, 5.41) is 7.38. The number of aromatic amines is 1. The highest BCUT2D eigenvalue weighted by Crippen LogP contribution is 2.28. The van der Waals surface area contributed by atoms with Crippen LogP contribution in [0.25, 0.3) is 0 Å². The van der Waals surface area contributed by atoms with E-state index in [1.54, 1.807) is 0 Å². The van der Waals surface area contributed by atoms with E-state index in [9.17, 15) is 0 Å². The summed E-state index contributed by atoms with van der Waals surface area (Å²) in [6.45, 7) is 2.63. The number of benzene rings is 1. The summed E-state index contributed by atoms with van der Waals surface area (Å²) in [7, 11) is 0. The normalized spacial score (nSPS) is 16.1. The highest BCUT2D eigenvalue weighted by molar-refractivity contribution is 5.38. The highest BCUT2D eigenvalue weighted by atomic mass is 15.1. The van der Waals surface area contributed by atoms with Crippen LogP contribution in [-0.4, -0.2) is 16.7 Å². The smallest absolute Gasteiger partial charge is 0.0712 e. The third kappa shape index (κ3) is 2.43. The number of rotatable bonds is 3. The number of nitrogens with two attached hydrogens (primary N) is 1. The van der Waals surface area contributed by atoms with Gasteiger partial charge in [-0.25, -0.2) is 0 Å². The first kappa shape index (κ1) is 12.4. The van der Waals surface area contributed by atoms with Crippen molar-refractivity contribution in [3.63, 3.8) is 0 Å². The number of nitrogens with one attached hydrogen (secondary N) is 1. The minimum Gasteiger partial charge on any atom is -0.329 e. The summed E-state index contributed by atoms with van der Waals surface area (Å²) in [5.74, 6) is 0.206. The van der Waals surface area contributed by atoms with Gasteiger partial charge in [0.25, 0.3) is 0 Å². The maximum Gasteiger partial charge on any atom is 0.0712 e. The Kier molecular flexibility index (Phi) is 3.38. The number of fused-ring (bicyclic) bond motifs is 1. The molecule has 0 fully saturated rings. The fourth-order valence-corrected chi connectivity index (χ4v) is 3.02. The molecule has 1 unspecified atom stereocenters. The molecule has 1 heterocycles. The molecule has 3 rings (SSSR count). The number of aromatic nitrogens is 2. The molecule has 19 heavy (non-hydrogen) atoms. The molecule has 3 N–H and O–H groups in total. The van der Waals surface area contributed by atoms with Gasteiger partial charge in [-0.3, -0.25) is 5.10 Å². The second-order valence-corrected chi connectivity index (χ2v) is 5.50. The van der Waals surface area contributed by atoms with Gasteiger partial charge < -0.3 is 5.73 Å². The second kappa shape index (κ2) is 5.17. The van der Waals surface area contributed by atoms with Crippen LogP contribution in [-0.2, 0) is 12.8 Å². The minimum atomic E-state index is 0.206. The van der Waals surface area contributed by atoms with Gasteiger partial charge in [0, 0.05) is 18.2 Å². The third-order valence-electron chi connectivity index (χ3n) is 4.09. The van der Waals surface area contributed by atoms with E-state index in [0.717, 1.165) is 11.4 Å². The van der Waals surface area contributed by atoms with E-state index in [0.29, 0.717) is 6.54 Å². The molecule has 1 aliphatic rings. The predicted molar refractivity (Wildman–Crippen MR) is 77.3 cm³/mol. The minimum absolute atomic E-state index is 0.206. The van der Waals surface area contributed by atoms with Gasteiger partial charge in [-0.05, 0) is 55.4 Å². The van der Waals surface area contributed by atoms with E-state index in [2.05, 4.69) is 34.5 Å². The predicted octanol–water partition coefficient (Wildman–Crippen LogP) is 2.69. The van der Waals surface area contributed by atoms with Crippen LogP contribution in [0.15, 0.2) is 24.3 Å². The lowest BCUT2D eigenvalue weighted by Crippen LogP contribution is -2.15. The molecule has 1 atom stereocenters. The Bertz CT molecular complexity index is 571. The summed E-state index contributed by atoms with van der Waals surface area (Å²) >= 11 is 0. The number of H-pyrrole nitrogens is 1. The number of hydrogen-bond acceptors (Lipinski definition) is 2. The zero-order valence-corrected chi connectivity index (χ0v) is 11.4. The van der Waals surface area contributed by atoms with Crippen molar-refractivity contribution in [1.82, 2.24) is 10.2 Å². The molecule has 3 heteroatoms. The van der Waals surface area contributed by atoms with Crippen molar-refractivity contribution in [1.29, 1.82) is 0 Å². The number of aryl methyl sites for hydroxylation is 3. The molecule has 0 radical (unpaired) electrons. The van der Waals surface area contributed by atoms with Crippen molar-refractivity contribution in [2.45, 2.75) is 38.5 Å². The van der Waals surface area contributed by atoms with E-state index in [4.69, 9.17) is 5.73 Å². The first-order chi connectivity index (χ1) is 9.28. The summed E-state index contributed by atoms with van der Waals surface area (Å²) in [6.07, 6.45) is 5.07. The molecule has 0 amide bonds. The molecule has 0 saturated heterocycles. The Morgan fingerprint density at radius 1 is 1.21 bits per heavy atom. The van der Waals surface area contributed by atoms with Crippen molar-refractivity contribution in [3.8, 4) is 0 Å². The van der Waals surface area contributed by atoms with Crippen LogP contribution in [0, 0.1) is 6.92 Å². The first-order valence-electron chi connectivity index (χ1n) is 7.11. The van der Waals surface area contributed by atoms with Crippen molar-refractivity contribution >= 4 is 0 Å². The Hall–Kier alpha value is -1.61. The van der Waals surface area contributed by atoms with Crippen LogP contribution in [0.3, 0.4) is 0 Å². The van der Waals surface area contributed by atoms with Crippen LogP contribution in [0.2, 0.25) is 0 Å². The largest absolute Gasteiger partial charge is 0.329 e. The first-order valence-corrected chi connectivity index (χ1v) is 7.11. The van der Waals surface area contributed by atoms with Gasteiger partial charge in [0.05, 0.1) is 5.69 Å². The van der Waals surface area contributed by atoms with Crippen molar-refractivity contribution in [2.75, 3.05) is 6.54 Å². The van der Waals surface area contributed by atoms with E-state index >= 15 is 0 Å². The summed E-state index contributed by atoms with van der Waals surface area (Å²) in [5.41, 5.74) is 12.4. The van der Waals surface area contributed by atoms with Gasteiger partial charge in [-0.15, -0.1) is 0 Å². The molecule has 0 aliphatic heterocycles. The Morgan fingerprint density at radius 2 is 2.00 bits per heavy atom. The van der Waals surface area contributed by atoms with Gasteiger partial charge >= 0.3 is 0 Å². The summed E-state index contributed by atoms with van der Waals surface area (Å²) in [6, 6.07) is 8.95. The highest BCUT2D eigenvalue weighted by Gasteiger charge is 2.17. The quantitative estimate of drug-likeness (QED) is 0.886. The topological polar surface area (TPSA) is 54.7 Å². The Labute approximate surface area is 114 Å². The van der Waals surface area contributed by atoms with E-state index in [-0.39, 0.29) is 5.92 Å². The zero-order valence-electron chi connectivity index (χ0n) is 11.4. The SMILES string of the molecule is Cc1cc(C(CN)c2ccc3c(c2)CCCC3)n[nH]1. The average molecular weight is 255 g/mol. The molecule has 3 nitrogen and oxygen atoms in total. The van der Waals surface area contributed by atoms with E-state index in [1.807, 2.05) is 6.92 Å². The molecule has 1 aliphatic carbocycles. The van der Waals surface area contributed by atoms with Gasteiger partial charge in [0.1, 0.15) is 0 Å².